The maximum atomic E-state index is 14.8. The van der Waals surface area contributed by atoms with E-state index in [0.717, 1.165) is 18.9 Å². The number of nitrogens with zero attached hydrogens (tertiary/aromatic N) is 4. The molecule has 9 nitrogen and oxygen atoms in total. The molecule has 0 spiro atoms. The van der Waals surface area contributed by atoms with Crippen LogP contribution in [-0.4, -0.2) is 46.5 Å². The van der Waals surface area contributed by atoms with Crippen LogP contribution in [0.15, 0.2) is 34.0 Å². The van der Waals surface area contributed by atoms with Crippen molar-refractivity contribution in [3.63, 3.8) is 0 Å². The van der Waals surface area contributed by atoms with Crippen LogP contribution in [0.2, 0.25) is 0 Å². The molecule has 2 aromatic heterocycles. The maximum Gasteiger partial charge on any atom is 0.341 e. The number of carboxylic acid groups (broad SMARTS) is 1. The number of rotatable bonds is 5. The second-order valence-corrected chi connectivity index (χ2v) is 6.69. The number of carbonyl (C=O) groups is 1. The summed E-state index contributed by atoms with van der Waals surface area (Å²) in [6, 6.07) is 1.10. The predicted octanol–water partition coefficient (Wildman–Crippen LogP) is 1.23. The number of hydrogen-bond acceptors (Lipinski definition) is 7. The molecule has 0 unspecified atom stereocenters. The molecule has 146 valence electrons. The normalized spacial score (nSPS) is 18.0. The van der Waals surface area contributed by atoms with Gasteiger partial charge in [-0.25, -0.2) is 14.2 Å². The minimum absolute atomic E-state index is 0.0108. The van der Waals surface area contributed by atoms with E-state index >= 15 is 0 Å². The molecule has 2 aliphatic rings. The Morgan fingerprint density at radius 2 is 2.25 bits per heavy atom. The Hall–Kier alpha value is -3.27. The number of aromatic nitrogens is 2. The van der Waals surface area contributed by atoms with Crippen LogP contribution >= 0.6 is 0 Å². The quantitative estimate of drug-likeness (QED) is 0.740. The van der Waals surface area contributed by atoms with Crippen molar-refractivity contribution in [2.45, 2.75) is 18.9 Å². The molecule has 28 heavy (non-hydrogen) atoms. The summed E-state index contributed by atoms with van der Waals surface area (Å²) in [4.78, 5) is 34.6. The fourth-order valence-corrected chi connectivity index (χ4v) is 3.30. The highest BCUT2D eigenvalue weighted by Gasteiger charge is 2.30. The summed E-state index contributed by atoms with van der Waals surface area (Å²) >= 11 is 0. The van der Waals surface area contributed by atoms with Crippen LogP contribution in [0.4, 0.5) is 10.2 Å². The van der Waals surface area contributed by atoms with E-state index in [1.165, 1.54) is 13.3 Å². The molecule has 1 fully saturated rings. The molecule has 0 saturated heterocycles. The second kappa shape index (κ2) is 6.71. The zero-order valence-electron chi connectivity index (χ0n) is 15.1. The summed E-state index contributed by atoms with van der Waals surface area (Å²) in [5.74, 6) is -2.07. The lowest BCUT2D eigenvalue weighted by molar-refractivity contribution is 0.0695. The summed E-state index contributed by atoms with van der Waals surface area (Å²) in [5, 5.41) is 13.1. The Balaban J connectivity index is 1.90. The van der Waals surface area contributed by atoms with Gasteiger partial charge in [-0.3, -0.25) is 4.79 Å². The zero-order chi connectivity index (χ0) is 20.0. The Kier molecular flexibility index (Phi) is 4.34. The molecule has 4 rings (SSSR count). The third-order valence-corrected chi connectivity index (χ3v) is 4.81. The maximum absolute atomic E-state index is 14.8. The SMILES string of the molecule is CON=C1CN(c2nc3c(cc2F)c(=O)c(C(=O)O)cn3C2CC2)C=C1CN. The van der Waals surface area contributed by atoms with Crippen LogP contribution in [-0.2, 0) is 4.84 Å². The van der Waals surface area contributed by atoms with E-state index in [9.17, 15) is 19.1 Å². The summed E-state index contributed by atoms with van der Waals surface area (Å²) in [7, 11) is 1.41. The lowest BCUT2D eigenvalue weighted by Gasteiger charge is -2.17. The van der Waals surface area contributed by atoms with Gasteiger partial charge in [0.1, 0.15) is 24.0 Å². The highest BCUT2D eigenvalue weighted by molar-refractivity contribution is 6.06. The molecule has 0 atom stereocenters. The van der Waals surface area contributed by atoms with E-state index in [4.69, 9.17) is 10.6 Å². The molecule has 0 aromatic carbocycles. The summed E-state index contributed by atoms with van der Waals surface area (Å²) in [5.41, 5.74) is 6.07. The first kappa shape index (κ1) is 18.1. The molecular weight excluding hydrogens is 369 g/mol. The number of carboxylic acids is 1. The number of fused-ring (bicyclic) bond motifs is 1. The van der Waals surface area contributed by atoms with Crippen LogP contribution in [0, 0.1) is 5.82 Å². The Bertz CT molecular complexity index is 1100. The largest absolute Gasteiger partial charge is 0.477 e. The van der Waals surface area contributed by atoms with Crippen LogP contribution in [0.1, 0.15) is 29.2 Å². The van der Waals surface area contributed by atoms with Crippen molar-refractivity contribution in [1.29, 1.82) is 0 Å². The van der Waals surface area contributed by atoms with E-state index < -0.39 is 22.8 Å². The molecule has 1 saturated carbocycles. The lowest BCUT2D eigenvalue weighted by atomic mass is 10.2. The smallest absolute Gasteiger partial charge is 0.341 e. The van der Waals surface area contributed by atoms with Gasteiger partial charge in [0.15, 0.2) is 11.6 Å². The third-order valence-electron chi connectivity index (χ3n) is 4.81. The van der Waals surface area contributed by atoms with Crippen LogP contribution in [0.25, 0.3) is 11.0 Å². The van der Waals surface area contributed by atoms with Crippen LogP contribution in [0.5, 0.6) is 0 Å². The standard InChI is InChI=1S/C18H18FN5O4/c1-28-22-14-8-23(6-9(14)5-20)17-13(19)4-11-15(25)12(18(26)27)7-24(10-2-3-10)16(11)21-17/h4,6-7,10H,2-3,5,8,20H2,1H3,(H,26,27). The van der Waals surface area contributed by atoms with Crippen molar-refractivity contribution < 1.29 is 19.1 Å². The first-order valence-corrected chi connectivity index (χ1v) is 8.71. The molecular formula is C18H18FN5O4. The molecule has 0 radical (unpaired) electrons. The summed E-state index contributed by atoms with van der Waals surface area (Å²) in [6.07, 6.45) is 4.62. The van der Waals surface area contributed by atoms with Crippen molar-refractivity contribution in [1.82, 2.24) is 9.55 Å². The minimum Gasteiger partial charge on any atom is -0.477 e. The molecule has 1 aliphatic heterocycles. The molecule has 1 aliphatic carbocycles. The van der Waals surface area contributed by atoms with Gasteiger partial charge in [-0.05, 0) is 18.9 Å². The number of anilines is 1. The van der Waals surface area contributed by atoms with Gasteiger partial charge >= 0.3 is 5.97 Å². The number of oxime groups is 1. The van der Waals surface area contributed by atoms with Gasteiger partial charge in [0.05, 0.1) is 11.9 Å². The number of aromatic carboxylic acids is 1. The Labute approximate surface area is 158 Å². The van der Waals surface area contributed by atoms with Crippen molar-refractivity contribution in [3.8, 4) is 0 Å². The zero-order valence-corrected chi connectivity index (χ0v) is 15.1. The fourth-order valence-electron chi connectivity index (χ4n) is 3.30. The van der Waals surface area contributed by atoms with Gasteiger partial charge in [0.25, 0.3) is 0 Å². The highest BCUT2D eigenvalue weighted by Crippen LogP contribution is 2.37. The number of pyridine rings is 2. The molecule has 3 heterocycles. The average Bonchev–Trinajstić information content (AvgIpc) is 3.42. The first-order valence-electron chi connectivity index (χ1n) is 8.71. The number of nitrogens with two attached hydrogens (primary N) is 1. The first-order chi connectivity index (χ1) is 13.4. The van der Waals surface area contributed by atoms with Gasteiger partial charge < -0.3 is 25.1 Å². The minimum atomic E-state index is -1.35. The van der Waals surface area contributed by atoms with Gasteiger partial charge in [-0.15, -0.1) is 0 Å². The predicted molar refractivity (Wildman–Crippen MR) is 100 cm³/mol. The van der Waals surface area contributed by atoms with Gasteiger partial charge in [-0.2, -0.15) is 0 Å². The van der Waals surface area contributed by atoms with Crippen molar-refractivity contribution >= 4 is 28.5 Å². The van der Waals surface area contributed by atoms with Crippen molar-refractivity contribution in [2.75, 3.05) is 25.1 Å². The summed E-state index contributed by atoms with van der Waals surface area (Å²) in [6.45, 7) is 0.416. The van der Waals surface area contributed by atoms with E-state index in [2.05, 4.69) is 10.1 Å². The van der Waals surface area contributed by atoms with E-state index in [1.54, 1.807) is 15.7 Å². The molecule has 2 aromatic rings. The topological polar surface area (TPSA) is 123 Å². The van der Waals surface area contributed by atoms with Gasteiger partial charge in [0, 0.05) is 30.6 Å². The van der Waals surface area contributed by atoms with Crippen LogP contribution in [0.3, 0.4) is 0 Å². The van der Waals surface area contributed by atoms with Gasteiger partial charge in [-0.1, -0.05) is 5.16 Å². The molecule has 10 heteroatoms. The molecule has 0 amide bonds. The third kappa shape index (κ3) is 2.91. The van der Waals surface area contributed by atoms with Crippen LogP contribution < -0.4 is 16.1 Å². The van der Waals surface area contributed by atoms with Crippen molar-refractivity contribution in [2.24, 2.45) is 10.9 Å². The molecule has 0 bridgehead atoms. The fraction of sp³-hybridized carbons (Fsp3) is 0.333. The van der Waals surface area contributed by atoms with E-state index in [1.807, 2.05) is 0 Å². The number of halogens is 1. The monoisotopic (exact) mass is 387 g/mol. The van der Waals surface area contributed by atoms with E-state index in [0.29, 0.717) is 11.3 Å². The van der Waals surface area contributed by atoms with Crippen molar-refractivity contribution in [3.05, 3.63) is 45.6 Å². The van der Waals surface area contributed by atoms with E-state index in [-0.39, 0.29) is 36.0 Å². The van der Waals surface area contributed by atoms with Gasteiger partial charge in [0.2, 0.25) is 5.43 Å². The Morgan fingerprint density at radius 3 is 2.86 bits per heavy atom. The highest BCUT2D eigenvalue weighted by atomic mass is 19.1. The Morgan fingerprint density at radius 1 is 1.50 bits per heavy atom. The number of hydrogen-bond donors (Lipinski definition) is 2. The second-order valence-electron chi connectivity index (χ2n) is 6.69. The molecule has 3 N–H and O–H groups in total. The lowest BCUT2D eigenvalue weighted by Crippen LogP contribution is -2.23. The average molecular weight is 387 g/mol. The summed E-state index contributed by atoms with van der Waals surface area (Å²) < 4.78 is 16.5.